The molecule has 0 saturated carbocycles. The lowest BCUT2D eigenvalue weighted by molar-refractivity contribution is -0.136. The molecule has 1 N–H and O–H groups in total. The van der Waals surface area contributed by atoms with Crippen LogP contribution in [0.4, 0.5) is 0 Å². The Morgan fingerprint density at radius 3 is 2.55 bits per heavy atom. The van der Waals surface area contributed by atoms with E-state index in [0.717, 1.165) is 15.4 Å². The molecule has 0 heterocycles. The van der Waals surface area contributed by atoms with Crippen LogP contribution in [0.3, 0.4) is 0 Å². The number of carboxylic acid groups (broad SMARTS) is 1. The van der Waals surface area contributed by atoms with Crippen LogP contribution in [-0.2, 0) is 11.2 Å². The van der Waals surface area contributed by atoms with Crippen molar-refractivity contribution in [1.29, 1.82) is 0 Å². The van der Waals surface area contributed by atoms with Crippen molar-refractivity contribution >= 4 is 29.3 Å². The summed E-state index contributed by atoms with van der Waals surface area (Å²) in [7, 11) is 1.56. The number of methoxy groups -OCH3 is 1. The lowest BCUT2D eigenvalue weighted by Gasteiger charge is -2.10. The molecule has 20 heavy (non-hydrogen) atoms. The van der Waals surface area contributed by atoms with Gasteiger partial charge in [-0.25, -0.2) is 0 Å². The predicted molar refractivity (Wildman–Crippen MR) is 79.9 cm³/mol. The van der Waals surface area contributed by atoms with Gasteiger partial charge in [0, 0.05) is 14.8 Å². The van der Waals surface area contributed by atoms with Crippen LogP contribution in [0, 0.1) is 0 Å². The Bertz CT molecular complexity index is 611. The van der Waals surface area contributed by atoms with Crippen LogP contribution in [-0.4, -0.2) is 18.2 Å². The van der Waals surface area contributed by atoms with Crippen LogP contribution in [0.1, 0.15) is 5.56 Å². The minimum Gasteiger partial charge on any atom is -0.497 e. The van der Waals surface area contributed by atoms with E-state index in [2.05, 4.69) is 0 Å². The van der Waals surface area contributed by atoms with Crippen LogP contribution < -0.4 is 4.74 Å². The molecule has 5 heteroatoms. The minimum absolute atomic E-state index is 0.0346. The Morgan fingerprint density at radius 1 is 1.25 bits per heavy atom. The summed E-state index contributed by atoms with van der Waals surface area (Å²) >= 11 is 7.36. The fourth-order valence-corrected chi connectivity index (χ4v) is 2.76. The Kier molecular flexibility index (Phi) is 4.93. The SMILES string of the molecule is COc1ccc(Sc2ccc(Cl)cc2)c(CC(=O)O)c1. The Labute approximate surface area is 126 Å². The third-order valence-corrected chi connectivity index (χ3v) is 4.03. The molecule has 0 aromatic heterocycles. The van der Waals surface area contributed by atoms with Crippen molar-refractivity contribution < 1.29 is 14.6 Å². The largest absolute Gasteiger partial charge is 0.497 e. The molecule has 104 valence electrons. The van der Waals surface area contributed by atoms with Crippen molar-refractivity contribution in [3.8, 4) is 5.75 Å². The summed E-state index contributed by atoms with van der Waals surface area (Å²) in [5.74, 6) is -0.210. The molecule has 2 rings (SSSR count). The average molecular weight is 309 g/mol. The van der Waals surface area contributed by atoms with Crippen molar-refractivity contribution in [1.82, 2.24) is 0 Å². The molecular weight excluding hydrogens is 296 g/mol. The second-order valence-corrected chi connectivity index (χ2v) is 5.65. The van der Waals surface area contributed by atoms with Gasteiger partial charge in [-0.2, -0.15) is 0 Å². The molecule has 0 saturated heterocycles. The molecule has 0 radical (unpaired) electrons. The first-order valence-corrected chi connectivity index (χ1v) is 7.10. The van der Waals surface area contributed by atoms with Crippen molar-refractivity contribution in [3.63, 3.8) is 0 Å². The number of benzene rings is 2. The molecule has 0 aliphatic heterocycles. The Balaban J connectivity index is 2.29. The van der Waals surface area contributed by atoms with Crippen LogP contribution in [0.25, 0.3) is 0 Å². The second-order valence-electron chi connectivity index (χ2n) is 4.10. The first kappa shape index (κ1) is 14.8. The highest BCUT2D eigenvalue weighted by molar-refractivity contribution is 7.99. The number of carbonyl (C=O) groups is 1. The van der Waals surface area contributed by atoms with Gasteiger partial charge in [0.05, 0.1) is 13.5 Å². The van der Waals surface area contributed by atoms with Crippen LogP contribution in [0.15, 0.2) is 52.3 Å². The van der Waals surface area contributed by atoms with E-state index in [0.29, 0.717) is 10.8 Å². The molecule has 0 atom stereocenters. The Hall–Kier alpha value is -1.65. The summed E-state index contributed by atoms with van der Waals surface area (Å²) in [6, 6.07) is 12.9. The third kappa shape index (κ3) is 3.92. The van der Waals surface area contributed by atoms with Gasteiger partial charge >= 0.3 is 5.97 Å². The first-order chi connectivity index (χ1) is 9.58. The highest BCUT2D eigenvalue weighted by Crippen LogP contribution is 2.33. The summed E-state index contributed by atoms with van der Waals surface area (Å²) in [6.45, 7) is 0. The molecule has 0 bridgehead atoms. The number of hydrogen-bond donors (Lipinski definition) is 1. The zero-order chi connectivity index (χ0) is 14.5. The normalized spacial score (nSPS) is 10.3. The van der Waals surface area contributed by atoms with E-state index in [-0.39, 0.29) is 6.42 Å². The highest BCUT2D eigenvalue weighted by atomic mass is 35.5. The molecule has 2 aromatic carbocycles. The van der Waals surface area contributed by atoms with Gasteiger partial charge in [0.1, 0.15) is 5.75 Å². The van der Waals surface area contributed by atoms with E-state index in [9.17, 15) is 4.79 Å². The number of aliphatic carboxylic acids is 1. The predicted octanol–water partition coefficient (Wildman–Crippen LogP) is 4.13. The van der Waals surface area contributed by atoms with Crippen LogP contribution in [0.5, 0.6) is 5.75 Å². The van der Waals surface area contributed by atoms with Gasteiger partial charge in [-0.05, 0) is 48.0 Å². The van der Waals surface area contributed by atoms with Gasteiger partial charge in [-0.3, -0.25) is 4.79 Å². The fourth-order valence-electron chi connectivity index (χ4n) is 1.71. The molecule has 0 spiro atoms. The summed E-state index contributed by atoms with van der Waals surface area (Å²) < 4.78 is 5.14. The fraction of sp³-hybridized carbons (Fsp3) is 0.133. The summed E-state index contributed by atoms with van der Waals surface area (Å²) in [4.78, 5) is 12.9. The maximum absolute atomic E-state index is 11.0. The standard InChI is InChI=1S/C15H13ClO3S/c1-19-12-4-7-14(10(8-12)9-15(17)18)20-13-5-2-11(16)3-6-13/h2-8H,9H2,1H3,(H,17,18). The molecule has 0 aliphatic rings. The van der Waals surface area contributed by atoms with Gasteiger partial charge in [0.25, 0.3) is 0 Å². The maximum Gasteiger partial charge on any atom is 0.307 e. The molecule has 0 aliphatic carbocycles. The van der Waals surface area contributed by atoms with E-state index in [1.54, 1.807) is 13.2 Å². The van der Waals surface area contributed by atoms with Gasteiger partial charge in [0.15, 0.2) is 0 Å². The number of hydrogen-bond acceptors (Lipinski definition) is 3. The molecular formula is C15H13ClO3S. The van der Waals surface area contributed by atoms with Crippen molar-refractivity contribution in [3.05, 3.63) is 53.1 Å². The highest BCUT2D eigenvalue weighted by Gasteiger charge is 2.10. The minimum atomic E-state index is -0.865. The smallest absolute Gasteiger partial charge is 0.307 e. The van der Waals surface area contributed by atoms with Crippen molar-refractivity contribution in [2.75, 3.05) is 7.11 Å². The zero-order valence-electron chi connectivity index (χ0n) is 10.8. The molecule has 0 unspecified atom stereocenters. The Morgan fingerprint density at radius 2 is 1.95 bits per heavy atom. The third-order valence-electron chi connectivity index (χ3n) is 2.65. The number of carboxylic acids is 1. The molecule has 0 amide bonds. The van der Waals surface area contributed by atoms with Crippen molar-refractivity contribution in [2.45, 2.75) is 16.2 Å². The maximum atomic E-state index is 11.0. The quantitative estimate of drug-likeness (QED) is 0.902. The molecule has 2 aromatic rings. The van der Waals surface area contributed by atoms with Crippen LogP contribution >= 0.6 is 23.4 Å². The molecule has 0 fully saturated rings. The van der Waals surface area contributed by atoms with E-state index in [1.807, 2.05) is 36.4 Å². The number of rotatable bonds is 5. The second kappa shape index (κ2) is 6.68. The summed E-state index contributed by atoms with van der Waals surface area (Å²) in [5, 5.41) is 9.67. The van der Waals surface area contributed by atoms with Gasteiger partial charge in [-0.15, -0.1) is 0 Å². The van der Waals surface area contributed by atoms with Crippen molar-refractivity contribution in [2.24, 2.45) is 0 Å². The summed E-state index contributed by atoms with van der Waals surface area (Å²) in [6.07, 6.45) is -0.0346. The zero-order valence-corrected chi connectivity index (χ0v) is 12.4. The lowest BCUT2D eigenvalue weighted by Crippen LogP contribution is -2.02. The topological polar surface area (TPSA) is 46.5 Å². The van der Waals surface area contributed by atoms with E-state index >= 15 is 0 Å². The van der Waals surface area contributed by atoms with E-state index < -0.39 is 5.97 Å². The monoisotopic (exact) mass is 308 g/mol. The number of halogens is 1. The molecule has 3 nitrogen and oxygen atoms in total. The van der Waals surface area contributed by atoms with E-state index in [1.165, 1.54) is 11.8 Å². The van der Waals surface area contributed by atoms with Gasteiger partial charge in [-0.1, -0.05) is 23.4 Å². The first-order valence-electron chi connectivity index (χ1n) is 5.90. The summed E-state index contributed by atoms with van der Waals surface area (Å²) in [5.41, 5.74) is 0.733. The lowest BCUT2D eigenvalue weighted by atomic mass is 10.1. The van der Waals surface area contributed by atoms with Gasteiger partial charge < -0.3 is 9.84 Å². The van der Waals surface area contributed by atoms with E-state index in [4.69, 9.17) is 21.4 Å². The number of ether oxygens (including phenoxy) is 1. The van der Waals surface area contributed by atoms with Crippen LogP contribution in [0.2, 0.25) is 5.02 Å². The average Bonchev–Trinajstić information content (AvgIpc) is 2.42. The van der Waals surface area contributed by atoms with Gasteiger partial charge in [0.2, 0.25) is 0 Å².